The summed E-state index contributed by atoms with van der Waals surface area (Å²) in [7, 11) is 1.47. The molecule has 0 fully saturated rings. The maximum atomic E-state index is 14.2. The number of pyridine rings is 1. The summed E-state index contributed by atoms with van der Waals surface area (Å²) in [5.41, 5.74) is 1.12. The lowest BCUT2D eigenvalue weighted by Gasteiger charge is -2.18. The van der Waals surface area contributed by atoms with Crippen LogP contribution in [0.2, 0.25) is 0 Å². The molecule has 0 saturated carbocycles. The van der Waals surface area contributed by atoms with Crippen molar-refractivity contribution in [3.05, 3.63) is 57.6 Å². The minimum absolute atomic E-state index is 0.0705. The molecule has 0 spiro atoms. The van der Waals surface area contributed by atoms with Crippen molar-refractivity contribution >= 4 is 44.8 Å². The number of ether oxygens (including phenoxy) is 2. The number of anilines is 4. The molecular weight excluding hydrogens is 471 g/mol. The van der Waals surface area contributed by atoms with Gasteiger partial charge in [-0.05, 0) is 45.8 Å². The van der Waals surface area contributed by atoms with Crippen LogP contribution in [-0.4, -0.2) is 35.2 Å². The van der Waals surface area contributed by atoms with Gasteiger partial charge in [0.15, 0.2) is 17.3 Å². The molecule has 3 aromatic rings. The number of hydrogen-bond donors (Lipinski definition) is 3. The molecule has 0 unspecified atom stereocenters. The Morgan fingerprint density at radius 3 is 2.90 bits per heavy atom. The van der Waals surface area contributed by atoms with Crippen molar-refractivity contribution < 1.29 is 22.8 Å². The van der Waals surface area contributed by atoms with Crippen molar-refractivity contribution in [2.75, 3.05) is 24.7 Å². The number of nitrogens with zero attached hydrogens (tertiary/aromatic N) is 3. The zero-order chi connectivity index (χ0) is 24.5. The highest BCUT2D eigenvalue weighted by Crippen LogP contribution is 2.37. The van der Waals surface area contributed by atoms with Gasteiger partial charge in [-0.2, -0.15) is 0 Å². The maximum Gasteiger partial charge on any atom is 0.273 e. The minimum atomic E-state index is -2.73. The molecule has 0 radical (unpaired) electrons. The SMILES string of the molecule is [2H]C([2H])([2H])NC(=O)c1nnc2cc1Nc1cc(cc(Br)c1OC)COCc1nc(ccc1F)N2. The van der Waals surface area contributed by atoms with Gasteiger partial charge in [-0.25, -0.2) is 9.37 Å². The molecule has 3 N–H and O–H groups in total. The Labute approximate surface area is 189 Å². The van der Waals surface area contributed by atoms with E-state index in [1.807, 2.05) is 5.32 Å². The van der Waals surface area contributed by atoms with Gasteiger partial charge in [-0.15, -0.1) is 10.2 Å². The lowest BCUT2D eigenvalue weighted by atomic mass is 10.1. The van der Waals surface area contributed by atoms with E-state index in [0.717, 1.165) is 0 Å². The van der Waals surface area contributed by atoms with Crippen LogP contribution in [0.5, 0.6) is 5.75 Å². The molecule has 0 atom stereocenters. The van der Waals surface area contributed by atoms with E-state index in [9.17, 15) is 9.18 Å². The average molecular weight is 492 g/mol. The van der Waals surface area contributed by atoms with Gasteiger partial charge in [0, 0.05) is 17.2 Å². The number of carbonyl (C=O) groups excluding carboxylic acids is 1. The Morgan fingerprint density at radius 1 is 1.23 bits per heavy atom. The first-order chi connectivity index (χ1) is 16.1. The van der Waals surface area contributed by atoms with E-state index in [1.54, 1.807) is 12.1 Å². The number of hydrogen-bond acceptors (Lipinski definition) is 8. The largest absolute Gasteiger partial charge is 0.493 e. The van der Waals surface area contributed by atoms with E-state index in [4.69, 9.17) is 13.6 Å². The van der Waals surface area contributed by atoms with Crippen LogP contribution in [0.25, 0.3) is 0 Å². The van der Waals surface area contributed by atoms with E-state index in [1.165, 1.54) is 25.3 Å². The minimum Gasteiger partial charge on any atom is -0.493 e. The molecule has 11 heteroatoms. The number of rotatable bonds is 2. The highest BCUT2D eigenvalue weighted by molar-refractivity contribution is 9.10. The van der Waals surface area contributed by atoms with Crippen LogP contribution in [0, 0.1) is 5.82 Å². The number of carbonyl (C=O) groups is 1. The summed E-state index contributed by atoms with van der Waals surface area (Å²) in [4.78, 5) is 16.8. The van der Waals surface area contributed by atoms with Crippen molar-refractivity contribution in [1.82, 2.24) is 20.5 Å². The van der Waals surface area contributed by atoms with Gasteiger partial charge >= 0.3 is 0 Å². The van der Waals surface area contributed by atoms with Crippen molar-refractivity contribution in [2.45, 2.75) is 13.2 Å². The Balaban J connectivity index is 1.85. The summed E-state index contributed by atoms with van der Waals surface area (Å²) in [6.45, 7) is -2.67. The van der Waals surface area contributed by atoms with Gasteiger partial charge in [0.2, 0.25) is 0 Å². The number of amides is 1. The zero-order valence-corrected chi connectivity index (χ0v) is 17.7. The van der Waals surface area contributed by atoms with Gasteiger partial charge in [0.25, 0.3) is 5.91 Å². The molecule has 0 saturated heterocycles. The zero-order valence-electron chi connectivity index (χ0n) is 19.1. The predicted octanol–water partition coefficient (Wildman–Crippen LogP) is 3.66. The Hall–Kier alpha value is -3.31. The van der Waals surface area contributed by atoms with E-state index >= 15 is 0 Å². The highest BCUT2D eigenvalue weighted by atomic mass is 79.9. The molecule has 2 aromatic heterocycles. The van der Waals surface area contributed by atoms with E-state index < -0.39 is 18.7 Å². The van der Waals surface area contributed by atoms with E-state index in [0.29, 0.717) is 21.5 Å². The molecule has 0 aliphatic carbocycles. The van der Waals surface area contributed by atoms with Gasteiger partial charge in [0.1, 0.15) is 17.3 Å². The number of methoxy groups -OCH3 is 1. The molecule has 1 aliphatic rings. The highest BCUT2D eigenvalue weighted by Gasteiger charge is 2.19. The Morgan fingerprint density at radius 2 is 2.10 bits per heavy atom. The Kier molecular flexibility index (Phi) is 4.94. The molecule has 9 nitrogen and oxygen atoms in total. The maximum absolute atomic E-state index is 14.2. The fraction of sp³-hybridized carbons (Fsp3) is 0.200. The third-order valence-corrected chi connectivity index (χ3v) is 4.97. The summed E-state index contributed by atoms with van der Waals surface area (Å²) in [6, 6.07) is 7.60. The molecule has 1 aliphatic heterocycles. The second kappa shape index (κ2) is 8.82. The fourth-order valence-corrected chi connectivity index (χ4v) is 3.67. The molecule has 31 heavy (non-hydrogen) atoms. The van der Waals surface area contributed by atoms with Crippen molar-refractivity contribution in [3.63, 3.8) is 0 Å². The quantitative estimate of drug-likeness (QED) is 0.498. The lowest BCUT2D eigenvalue weighted by Crippen LogP contribution is -2.21. The predicted molar refractivity (Wildman–Crippen MR) is 115 cm³/mol. The summed E-state index contributed by atoms with van der Waals surface area (Å²) in [5, 5.41) is 15.7. The second-order valence-corrected chi connectivity index (χ2v) is 7.33. The Bertz CT molecular complexity index is 1260. The second-order valence-electron chi connectivity index (χ2n) is 6.47. The van der Waals surface area contributed by atoms with Gasteiger partial charge in [-0.3, -0.25) is 4.79 Å². The van der Waals surface area contributed by atoms with Crippen molar-refractivity contribution in [2.24, 2.45) is 0 Å². The first kappa shape index (κ1) is 17.4. The topological polar surface area (TPSA) is 110 Å². The van der Waals surface area contributed by atoms with Crippen molar-refractivity contribution in [3.8, 4) is 5.75 Å². The van der Waals surface area contributed by atoms with Gasteiger partial charge < -0.3 is 25.4 Å². The first-order valence-corrected chi connectivity index (χ1v) is 9.76. The van der Waals surface area contributed by atoms with Crippen LogP contribution < -0.4 is 20.7 Å². The van der Waals surface area contributed by atoms with Crippen molar-refractivity contribution in [1.29, 1.82) is 0 Å². The van der Waals surface area contributed by atoms with Crippen LogP contribution in [0.3, 0.4) is 0 Å². The number of benzene rings is 1. The first-order valence-electron chi connectivity index (χ1n) is 10.5. The summed E-state index contributed by atoms with van der Waals surface area (Å²) in [6.07, 6.45) is 0. The summed E-state index contributed by atoms with van der Waals surface area (Å²) < 4.78 is 47.9. The van der Waals surface area contributed by atoms with Gasteiger partial charge in [0.05, 0.1) is 36.2 Å². The number of halogens is 2. The van der Waals surface area contributed by atoms with Gasteiger partial charge in [-0.1, -0.05) is 0 Å². The monoisotopic (exact) mass is 491 g/mol. The summed E-state index contributed by atoms with van der Waals surface area (Å²) in [5.74, 6) is -0.620. The molecule has 160 valence electrons. The van der Waals surface area contributed by atoms with Crippen LogP contribution in [-0.2, 0) is 18.0 Å². The number of aromatic nitrogens is 3. The van der Waals surface area contributed by atoms with Crippen LogP contribution in [0.1, 0.15) is 25.9 Å². The molecule has 6 bridgehead atoms. The van der Waals surface area contributed by atoms with E-state index in [2.05, 4.69) is 41.7 Å². The average Bonchev–Trinajstić information content (AvgIpc) is 2.74. The third-order valence-electron chi connectivity index (χ3n) is 4.38. The van der Waals surface area contributed by atoms with Crippen LogP contribution in [0.4, 0.5) is 27.4 Å². The lowest BCUT2D eigenvalue weighted by molar-refractivity contribution is 0.0958. The molecule has 1 aromatic carbocycles. The van der Waals surface area contributed by atoms with Crippen LogP contribution in [0.15, 0.2) is 34.8 Å². The third kappa shape index (κ3) is 4.42. The fourth-order valence-electron chi connectivity index (χ4n) is 3.01. The number of fused-ring (bicyclic) bond motifs is 6. The molecular formula is C20H18BrFN6O3. The summed E-state index contributed by atoms with van der Waals surface area (Å²) >= 11 is 3.44. The molecule has 4 rings (SSSR count). The smallest absolute Gasteiger partial charge is 0.273 e. The standard InChI is InChI=1S/C20H18BrFN6O3/c1-23-20(29)18-13-7-17(27-28-18)26-16-4-3-12(22)15(25-16)9-31-8-10-5-11(21)19(30-2)14(6-10)24-13/h3-7,24H,8-9H2,1-2H3,(H,23,29)(H,25,26,27)/i1D3. The van der Waals surface area contributed by atoms with E-state index in [-0.39, 0.29) is 41.9 Å². The molecule has 1 amide bonds. The number of nitrogens with one attached hydrogen (secondary N) is 3. The van der Waals surface area contributed by atoms with Crippen LogP contribution >= 0.6 is 15.9 Å². The molecule has 3 heterocycles. The normalized spacial score (nSPS) is 14.6.